The number of carbonyl (C=O) groups is 1. The fraction of sp³-hybridized carbons (Fsp3) is 0.143. The first kappa shape index (κ1) is 20.2. The number of aliphatic imine (C=N–C) groups is 1. The molecule has 4 N–H and O–H groups in total. The summed E-state index contributed by atoms with van der Waals surface area (Å²) in [5, 5.41) is 7.39. The summed E-state index contributed by atoms with van der Waals surface area (Å²) in [6.45, 7) is -2.21. The van der Waals surface area contributed by atoms with Crippen LogP contribution in [0.3, 0.4) is 0 Å². The summed E-state index contributed by atoms with van der Waals surface area (Å²) in [7, 11) is 0. The predicted molar refractivity (Wildman–Crippen MR) is 113 cm³/mol. The van der Waals surface area contributed by atoms with Gasteiger partial charge < -0.3 is 21.1 Å². The molecule has 0 radical (unpaired) electrons. The maximum Gasteiger partial charge on any atom is 0.387 e. The van der Waals surface area contributed by atoms with E-state index in [-0.39, 0.29) is 5.75 Å². The van der Waals surface area contributed by atoms with Crippen LogP contribution in [0.15, 0.2) is 71.9 Å². The third-order valence-corrected chi connectivity index (χ3v) is 4.62. The third-order valence-electron chi connectivity index (χ3n) is 4.62. The van der Waals surface area contributed by atoms with Gasteiger partial charge in [-0.15, -0.1) is 0 Å². The van der Waals surface area contributed by atoms with Crippen LogP contribution in [0.1, 0.15) is 11.3 Å². The first-order valence-electron chi connectivity index (χ1n) is 9.44. The van der Waals surface area contributed by atoms with E-state index in [1.165, 1.54) is 24.3 Å². The van der Waals surface area contributed by atoms with E-state index in [0.717, 1.165) is 16.9 Å². The van der Waals surface area contributed by atoms with Crippen molar-refractivity contribution in [3.05, 3.63) is 78.1 Å². The van der Waals surface area contributed by atoms with Crippen molar-refractivity contribution in [2.75, 3.05) is 17.0 Å². The number of ether oxygens (including phenoxy) is 1. The number of alkyl halides is 2. The zero-order valence-corrected chi connectivity index (χ0v) is 16.3. The van der Waals surface area contributed by atoms with Crippen molar-refractivity contribution in [1.29, 1.82) is 0 Å². The molecule has 0 aliphatic carbocycles. The van der Waals surface area contributed by atoms with E-state index in [1.807, 2.05) is 52.3 Å². The normalized spacial score (nSPS) is 12.9. The molecule has 1 aliphatic rings. The summed E-state index contributed by atoms with van der Waals surface area (Å²) in [6.07, 6.45) is 1.91. The molecule has 160 valence electrons. The Kier molecular flexibility index (Phi) is 5.69. The van der Waals surface area contributed by atoms with Crippen molar-refractivity contribution < 1.29 is 18.3 Å². The van der Waals surface area contributed by atoms with E-state index >= 15 is 0 Å². The van der Waals surface area contributed by atoms with Gasteiger partial charge in [-0.3, -0.25) is 9.69 Å². The molecular weight excluding hydrogens is 406 g/mol. The van der Waals surface area contributed by atoms with E-state index in [4.69, 9.17) is 5.73 Å². The summed E-state index contributed by atoms with van der Waals surface area (Å²) in [6, 6.07) is 16.8. The highest BCUT2D eigenvalue weighted by Gasteiger charge is 2.18. The molecule has 0 saturated heterocycles. The lowest BCUT2D eigenvalue weighted by molar-refractivity contribution is -0.0498. The summed E-state index contributed by atoms with van der Waals surface area (Å²) in [4.78, 5) is 16.5. The van der Waals surface area contributed by atoms with E-state index in [9.17, 15) is 13.6 Å². The van der Waals surface area contributed by atoms with Gasteiger partial charge in [-0.05, 0) is 54.1 Å². The Labute approximate surface area is 176 Å². The Balaban J connectivity index is 1.36. The van der Waals surface area contributed by atoms with Gasteiger partial charge in [0.2, 0.25) is 0 Å². The van der Waals surface area contributed by atoms with E-state index < -0.39 is 12.6 Å². The molecule has 0 bridgehead atoms. The van der Waals surface area contributed by atoms with Gasteiger partial charge in [0.15, 0.2) is 0 Å². The first-order valence-corrected chi connectivity index (χ1v) is 9.44. The Morgan fingerprint density at radius 1 is 1.16 bits per heavy atom. The number of amides is 2. The number of carbonyl (C=O) groups excluding carboxylic acids is 1. The minimum Gasteiger partial charge on any atom is -0.435 e. The van der Waals surface area contributed by atoms with Gasteiger partial charge >= 0.3 is 12.6 Å². The molecule has 2 heterocycles. The molecule has 0 saturated carbocycles. The average Bonchev–Trinajstić information content (AvgIpc) is 3.25. The number of amidine groups is 1. The lowest BCUT2D eigenvalue weighted by atomic mass is 10.2. The van der Waals surface area contributed by atoms with Gasteiger partial charge in [-0.1, -0.05) is 12.1 Å². The van der Waals surface area contributed by atoms with Crippen molar-refractivity contribution in [3.63, 3.8) is 0 Å². The van der Waals surface area contributed by atoms with Crippen LogP contribution >= 0.6 is 0 Å². The number of nitrogens with zero attached hydrogens (tertiary/aromatic N) is 3. The second-order valence-corrected chi connectivity index (χ2v) is 6.70. The number of halogens is 2. The number of hydrogen-bond donors (Lipinski definition) is 3. The molecule has 1 aliphatic heterocycles. The smallest absolute Gasteiger partial charge is 0.387 e. The van der Waals surface area contributed by atoms with Crippen molar-refractivity contribution in [2.45, 2.75) is 13.2 Å². The Hall–Kier alpha value is -4.08. The molecule has 0 fully saturated rings. The fourth-order valence-electron chi connectivity index (χ4n) is 3.19. The highest BCUT2D eigenvalue weighted by Crippen LogP contribution is 2.22. The van der Waals surface area contributed by atoms with Crippen LogP contribution in [0.2, 0.25) is 0 Å². The van der Waals surface area contributed by atoms with Crippen LogP contribution in [0.5, 0.6) is 5.75 Å². The molecule has 2 aromatic carbocycles. The number of aromatic nitrogens is 1. The monoisotopic (exact) mass is 426 g/mol. The predicted octanol–water partition coefficient (Wildman–Crippen LogP) is 3.36. The second-order valence-electron chi connectivity index (χ2n) is 6.70. The van der Waals surface area contributed by atoms with Crippen molar-refractivity contribution >= 4 is 23.2 Å². The molecule has 0 atom stereocenters. The Morgan fingerprint density at radius 3 is 2.74 bits per heavy atom. The number of rotatable bonds is 6. The standard InChI is InChI=1S/C21H20F2N6O2/c22-20(23)31-17-8-6-15(7-9-17)27-21(30)25-12-14-3-1-4-16(11-14)29-13-26-19(24)18-5-2-10-28(18)29/h1-11,20H,12-13H2,(H2,24,26)(H2,25,27,30). The molecule has 0 spiro atoms. The van der Waals surface area contributed by atoms with Gasteiger partial charge in [-0.2, -0.15) is 8.78 Å². The van der Waals surface area contributed by atoms with Crippen LogP contribution in [-0.2, 0) is 6.54 Å². The fourth-order valence-corrected chi connectivity index (χ4v) is 3.19. The van der Waals surface area contributed by atoms with Gasteiger partial charge in [0.1, 0.15) is 23.9 Å². The number of hydrogen-bond acceptors (Lipinski definition) is 5. The van der Waals surface area contributed by atoms with Crippen LogP contribution in [0.25, 0.3) is 0 Å². The third kappa shape index (κ3) is 4.74. The van der Waals surface area contributed by atoms with Gasteiger partial charge in [0.25, 0.3) is 0 Å². The minimum absolute atomic E-state index is 0.0208. The molecule has 2 amide bonds. The molecule has 4 rings (SSSR count). The van der Waals surface area contributed by atoms with E-state index in [0.29, 0.717) is 24.7 Å². The topological polar surface area (TPSA) is 96.9 Å². The van der Waals surface area contributed by atoms with Crippen molar-refractivity contribution in [3.8, 4) is 5.75 Å². The summed E-state index contributed by atoms with van der Waals surface area (Å²) < 4.78 is 30.6. The molecule has 8 nitrogen and oxygen atoms in total. The van der Waals surface area contributed by atoms with Crippen molar-refractivity contribution in [1.82, 2.24) is 9.99 Å². The van der Waals surface area contributed by atoms with E-state index in [2.05, 4.69) is 20.4 Å². The molecule has 0 unspecified atom stereocenters. The SMILES string of the molecule is NC1=NCN(c2cccc(CNC(=O)Nc3ccc(OC(F)F)cc3)c2)n2cccc21. The summed E-state index contributed by atoms with van der Waals surface area (Å²) in [5.41, 5.74) is 9.02. The van der Waals surface area contributed by atoms with Crippen LogP contribution in [0, 0.1) is 0 Å². The Bertz CT molecular complexity index is 1100. The lowest BCUT2D eigenvalue weighted by Crippen LogP contribution is -2.38. The second kappa shape index (κ2) is 8.74. The first-order chi connectivity index (χ1) is 15.0. The zero-order valence-electron chi connectivity index (χ0n) is 16.3. The quantitative estimate of drug-likeness (QED) is 0.563. The van der Waals surface area contributed by atoms with Crippen molar-refractivity contribution in [2.24, 2.45) is 10.7 Å². The maximum atomic E-state index is 12.2. The molecule has 10 heteroatoms. The number of benzene rings is 2. The highest BCUT2D eigenvalue weighted by molar-refractivity contribution is 5.97. The van der Waals surface area contributed by atoms with Crippen LogP contribution < -0.4 is 26.1 Å². The largest absolute Gasteiger partial charge is 0.435 e. The highest BCUT2D eigenvalue weighted by atomic mass is 19.3. The minimum atomic E-state index is -2.89. The van der Waals surface area contributed by atoms with Crippen LogP contribution in [0.4, 0.5) is 25.0 Å². The Morgan fingerprint density at radius 2 is 1.97 bits per heavy atom. The van der Waals surface area contributed by atoms with Gasteiger partial charge in [0.05, 0.1) is 5.69 Å². The summed E-state index contributed by atoms with van der Waals surface area (Å²) >= 11 is 0. The molecular formula is C21H20F2N6O2. The molecule has 1 aromatic heterocycles. The number of urea groups is 1. The number of anilines is 2. The maximum absolute atomic E-state index is 12.2. The lowest BCUT2D eigenvalue weighted by Gasteiger charge is -2.29. The van der Waals surface area contributed by atoms with Gasteiger partial charge in [-0.25, -0.2) is 9.79 Å². The number of nitrogens with one attached hydrogen (secondary N) is 2. The number of fused-ring (bicyclic) bond motifs is 1. The average molecular weight is 426 g/mol. The van der Waals surface area contributed by atoms with E-state index in [1.54, 1.807) is 0 Å². The number of nitrogens with two attached hydrogens (primary N) is 1. The molecule has 31 heavy (non-hydrogen) atoms. The summed E-state index contributed by atoms with van der Waals surface area (Å²) in [5.74, 6) is 0.511. The zero-order chi connectivity index (χ0) is 21.8. The van der Waals surface area contributed by atoms with Gasteiger partial charge in [0, 0.05) is 18.4 Å². The molecule has 3 aromatic rings. The van der Waals surface area contributed by atoms with Crippen LogP contribution in [-0.4, -0.2) is 29.8 Å².